The van der Waals surface area contributed by atoms with Gasteiger partial charge in [0.25, 0.3) is 0 Å². The third-order valence-electron chi connectivity index (χ3n) is 3.17. The molecule has 0 aliphatic carbocycles. The molecule has 2 aromatic rings. The Balaban J connectivity index is 2.00. The molecule has 0 saturated carbocycles. The van der Waals surface area contributed by atoms with Crippen molar-refractivity contribution in [1.29, 1.82) is 0 Å². The molecule has 3 rings (SSSR count). The van der Waals surface area contributed by atoms with Crippen LogP contribution in [0, 0.1) is 5.82 Å². The van der Waals surface area contributed by atoms with Crippen LogP contribution >= 0.6 is 11.3 Å². The molecule has 90 valence electrons. The van der Waals surface area contributed by atoms with Gasteiger partial charge in [-0.25, -0.2) is 9.37 Å². The van der Waals surface area contributed by atoms with Gasteiger partial charge in [-0.2, -0.15) is 0 Å². The van der Waals surface area contributed by atoms with E-state index in [9.17, 15) is 4.39 Å². The molecule has 3 nitrogen and oxygen atoms in total. The second kappa shape index (κ2) is 4.23. The number of rotatable bonds is 1. The molecule has 1 aliphatic rings. The van der Waals surface area contributed by atoms with E-state index < -0.39 is 0 Å². The van der Waals surface area contributed by atoms with Gasteiger partial charge in [-0.3, -0.25) is 0 Å². The number of thiazole rings is 1. The second-order valence-corrected chi connectivity index (χ2v) is 5.50. The first-order chi connectivity index (χ1) is 8.24. The van der Waals surface area contributed by atoms with Crippen LogP contribution in [0.4, 0.5) is 10.1 Å². The first-order valence-electron chi connectivity index (χ1n) is 5.80. The standard InChI is InChI=1S/C12H14FN3S/c13-8-4-11-10(5-9(8)14)16-12(17-11)7-2-1-3-15-6-7/h4-5,7,15H,1-3,6,14H2. The minimum Gasteiger partial charge on any atom is -0.396 e. The van der Waals surface area contributed by atoms with E-state index in [-0.39, 0.29) is 11.5 Å². The van der Waals surface area contributed by atoms with Gasteiger partial charge in [-0.05, 0) is 31.5 Å². The fraction of sp³-hybridized carbons (Fsp3) is 0.417. The molecule has 0 bridgehead atoms. The Kier molecular flexibility index (Phi) is 2.72. The Bertz CT molecular complexity index is 507. The van der Waals surface area contributed by atoms with Crippen molar-refractivity contribution in [2.75, 3.05) is 18.8 Å². The van der Waals surface area contributed by atoms with Gasteiger partial charge in [0.15, 0.2) is 0 Å². The SMILES string of the molecule is Nc1cc2nc(C3CCCNC3)sc2cc1F. The van der Waals surface area contributed by atoms with Crippen molar-refractivity contribution in [2.45, 2.75) is 18.8 Å². The number of nitrogens with zero attached hydrogens (tertiary/aromatic N) is 1. The molecule has 1 aromatic carbocycles. The highest BCUT2D eigenvalue weighted by Crippen LogP contribution is 2.32. The van der Waals surface area contributed by atoms with E-state index in [1.54, 1.807) is 17.4 Å². The first-order valence-corrected chi connectivity index (χ1v) is 6.62. The van der Waals surface area contributed by atoms with Crippen molar-refractivity contribution in [3.05, 3.63) is 23.0 Å². The maximum Gasteiger partial charge on any atom is 0.147 e. The summed E-state index contributed by atoms with van der Waals surface area (Å²) < 4.78 is 14.2. The number of halogens is 1. The van der Waals surface area contributed by atoms with E-state index in [2.05, 4.69) is 10.3 Å². The van der Waals surface area contributed by atoms with Crippen molar-refractivity contribution in [3.63, 3.8) is 0 Å². The molecule has 2 heterocycles. The van der Waals surface area contributed by atoms with Crippen molar-refractivity contribution in [2.24, 2.45) is 0 Å². The summed E-state index contributed by atoms with van der Waals surface area (Å²) in [5, 5.41) is 4.46. The number of aromatic nitrogens is 1. The fourth-order valence-electron chi connectivity index (χ4n) is 2.22. The molecule has 0 amide bonds. The number of fused-ring (bicyclic) bond motifs is 1. The van der Waals surface area contributed by atoms with Gasteiger partial charge >= 0.3 is 0 Å². The summed E-state index contributed by atoms with van der Waals surface area (Å²) in [6.45, 7) is 2.06. The van der Waals surface area contributed by atoms with E-state index in [1.165, 1.54) is 12.5 Å². The largest absolute Gasteiger partial charge is 0.396 e. The van der Waals surface area contributed by atoms with Gasteiger partial charge in [-0.1, -0.05) is 0 Å². The molecule has 5 heteroatoms. The molecule has 1 aromatic heterocycles. The van der Waals surface area contributed by atoms with Crippen molar-refractivity contribution in [3.8, 4) is 0 Å². The molecule has 0 radical (unpaired) electrons. The van der Waals surface area contributed by atoms with Gasteiger partial charge in [0.2, 0.25) is 0 Å². The third-order valence-corrected chi connectivity index (χ3v) is 4.35. The molecule has 3 N–H and O–H groups in total. The number of hydrogen-bond acceptors (Lipinski definition) is 4. The van der Waals surface area contributed by atoms with E-state index in [0.29, 0.717) is 5.92 Å². The third kappa shape index (κ3) is 2.00. The Morgan fingerprint density at radius 3 is 3.12 bits per heavy atom. The van der Waals surface area contributed by atoms with Crippen LogP contribution in [0.15, 0.2) is 12.1 Å². The zero-order valence-corrected chi connectivity index (χ0v) is 10.2. The van der Waals surface area contributed by atoms with Gasteiger partial charge < -0.3 is 11.1 Å². The lowest BCUT2D eigenvalue weighted by atomic mass is 10.0. The Labute approximate surface area is 103 Å². The molecule has 17 heavy (non-hydrogen) atoms. The smallest absolute Gasteiger partial charge is 0.147 e. The Morgan fingerprint density at radius 1 is 1.47 bits per heavy atom. The van der Waals surface area contributed by atoms with Crippen LogP contribution in [-0.2, 0) is 0 Å². The maximum atomic E-state index is 13.3. The minimum absolute atomic E-state index is 0.177. The molecule has 1 aliphatic heterocycles. The number of benzene rings is 1. The summed E-state index contributed by atoms with van der Waals surface area (Å²) in [5.74, 6) is 0.111. The second-order valence-electron chi connectivity index (χ2n) is 4.44. The number of anilines is 1. The lowest BCUT2D eigenvalue weighted by Crippen LogP contribution is -2.28. The van der Waals surface area contributed by atoms with Gasteiger partial charge in [-0.15, -0.1) is 11.3 Å². The number of nitrogen functional groups attached to an aromatic ring is 1. The van der Waals surface area contributed by atoms with Crippen LogP contribution in [0.2, 0.25) is 0 Å². The van der Waals surface area contributed by atoms with Crippen molar-refractivity contribution < 1.29 is 4.39 Å². The molecule has 0 spiro atoms. The van der Waals surface area contributed by atoms with E-state index in [0.717, 1.165) is 34.7 Å². The number of piperidine rings is 1. The molecular formula is C12H14FN3S. The zero-order chi connectivity index (χ0) is 11.8. The first kappa shape index (κ1) is 10.9. The summed E-state index contributed by atoms with van der Waals surface area (Å²) in [6, 6.07) is 3.11. The lowest BCUT2D eigenvalue weighted by Gasteiger charge is -2.20. The highest BCUT2D eigenvalue weighted by Gasteiger charge is 2.19. The number of hydrogen-bond donors (Lipinski definition) is 2. The molecule has 1 saturated heterocycles. The summed E-state index contributed by atoms with van der Waals surface area (Å²) in [6.07, 6.45) is 2.34. The highest BCUT2D eigenvalue weighted by atomic mass is 32.1. The minimum atomic E-state index is -0.352. The predicted octanol–water partition coefficient (Wildman–Crippen LogP) is 2.48. The molecule has 1 fully saturated rings. The van der Waals surface area contributed by atoms with Crippen LogP contribution < -0.4 is 11.1 Å². The van der Waals surface area contributed by atoms with Crippen molar-refractivity contribution >= 4 is 27.2 Å². The fourth-order valence-corrected chi connectivity index (χ4v) is 3.33. The number of nitrogens with two attached hydrogens (primary N) is 1. The van der Waals surface area contributed by atoms with Gasteiger partial charge in [0.1, 0.15) is 5.82 Å². The Morgan fingerprint density at radius 2 is 2.35 bits per heavy atom. The van der Waals surface area contributed by atoms with Gasteiger partial charge in [0, 0.05) is 12.5 Å². The number of nitrogens with one attached hydrogen (secondary N) is 1. The maximum absolute atomic E-state index is 13.3. The van der Waals surface area contributed by atoms with Crippen LogP contribution in [0.25, 0.3) is 10.2 Å². The topological polar surface area (TPSA) is 50.9 Å². The highest BCUT2D eigenvalue weighted by molar-refractivity contribution is 7.18. The van der Waals surface area contributed by atoms with E-state index in [1.807, 2.05) is 0 Å². The quantitative estimate of drug-likeness (QED) is 0.766. The van der Waals surface area contributed by atoms with Crippen molar-refractivity contribution in [1.82, 2.24) is 10.3 Å². The summed E-state index contributed by atoms with van der Waals surface area (Å²) in [5.41, 5.74) is 6.54. The molecule has 1 atom stereocenters. The summed E-state index contributed by atoms with van der Waals surface area (Å²) in [4.78, 5) is 4.57. The van der Waals surface area contributed by atoms with Crippen LogP contribution in [0.1, 0.15) is 23.8 Å². The van der Waals surface area contributed by atoms with E-state index in [4.69, 9.17) is 5.73 Å². The van der Waals surface area contributed by atoms with Crippen LogP contribution in [0.3, 0.4) is 0 Å². The zero-order valence-electron chi connectivity index (χ0n) is 9.37. The average Bonchev–Trinajstić information content (AvgIpc) is 2.74. The van der Waals surface area contributed by atoms with Crippen LogP contribution in [0.5, 0.6) is 0 Å². The Hall–Kier alpha value is -1.20. The van der Waals surface area contributed by atoms with Crippen LogP contribution in [-0.4, -0.2) is 18.1 Å². The predicted molar refractivity (Wildman–Crippen MR) is 68.8 cm³/mol. The molecule has 1 unspecified atom stereocenters. The monoisotopic (exact) mass is 251 g/mol. The average molecular weight is 251 g/mol. The van der Waals surface area contributed by atoms with Gasteiger partial charge in [0.05, 0.1) is 20.9 Å². The normalized spacial score (nSPS) is 20.9. The summed E-state index contributed by atoms with van der Waals surface area (Å²) >= 11 is 1.58. The molecular weight excluding hydrogens is 237 g/mol. The lowest BCUT2D eigenvalue weighted by molar-refractivity contribution is 0.461. The summed E-state index contributed by atoms with van der Waals surface area (Å²) in [7, 11) is 0. The van der Waals surface area contributed by atoms with E-state index >= 15 is 0 Å².